The number of aromatic nitrogens is 3. The number of hydrogen-bond donors (Lipinski definition) is 2. The van der Waals surface area contributed by atoms with Crippen molar-refractivity contribution >= 4 is 32.4 Å². The number of hydrogen-bond acceptors (Lipinski definition) is 5. The lowest BCUT2D eigenvalue weighted by molar-refractivity contribution is 0.563. The maximum absolute atomic E-state index is 12.3. The number of H-pyrrole nitrogens is 1. The van der Waals surface area contributed by atoms with E-state index in [1.54, 1.807) is 13.8 Å². The van der Waals surface area contributed by atoms with Crippen LogP contribution >= 0.6 is 11.3 Å². The Morgan fingerprint density at radius 1 is 1.33 bits per heavy atom. The number of imidazole rings is 1. The summed E-state index contributed by atoms with van der Waals surface area (Å²) in [6.07, 6.45) is 1.37. The maximum atomic E-state index is 12.3. The molecular formula is C13H14N4O2S2. The summed E-state index contributed by atoms with van der Waals surface area (Å²) in [5, 5.41) is 0.715. The lowest BCUT2D eigenvalue weighted by Gasteiger charge is -2.10. The van der Waals surface area contributed by atoms with Crippen LogP contribution in [-0.4, -0.2) is 23.4 Å². The van der Waals surface area contributed by atoms with Crippen molar-refractivity contribution in [3.05, 3.63) is 41.3 Å². The Morgan fingerprint density at radius 2 is 2.10 bits per heavy atom. The number of nitrogens with one attached hydrogen (secondary N) is 2. The monoisotopic (exact) mass is 322 g/mol. The van der Waals surface area contributed by atoms with Crippen LogP contribution in [0.1, 0.15) is 23.8 Å². The Labute approximate surface area is 126 Å². The highest BCUT2D eigenvalue weighted by atomic mass is 32.2. The van der Waals surface area contributed by atoms with Gasteiger partial charge in [-0.1, -0.05) is 12.1 Å². The molecule has 110 valence electrons. The van der Waals surface area contributed by atoms with Gasteiger partial charge in [0.2, 0.25) is 0 Å². The van der Waals surface area contributed by atoms with E-state index in [9.17, 15) is 8.42 Å². The van der Waals surface area contributed by atoms with E-state index in [0.29, 0.717) is 10.8 Å². The van der Waals surface area contributed by atoms with Crippen molar-refractivity contribution in [2.24, 2.45) is 0 Å². The molecule has 0 aliphatic carbocycles. The number of fused-ring (bicyclic) bond motifs is 1. The van der Waals surface area contributed by atoms with E-state index in [2.05, 4.69) is 19.7 Å². The van der Waals surface area contributed by atoms with Crippen LogP contribution in [0.25, 0.3) is 11.0 Å². The maximum Gasteiger partial charge on any atom is 0.252 e. The molecule has 1 aromatic carbocycles. The Bertz CT molecular complexity index is 849. The molecular weight excluding hydrogens is 308 g/mol. The van der Waals surface area contributed by atoms with Gasteiger partial charge in [-0.25, -0.2) is 23.1 Å². The van der Waals surface area contributed by atoms with Crippen molar-refractivity contribution in [1.82, 2.24) is 19.7 Å². The number of rotatable bonds is 4. The minimum absolute atomic E-state index is 0.211. The predicted octanol–water partition coefficient (Wildman–Crippen LogP) is 2.37. The van der Waals surface area contributed by atoms with Crippen molar-refractivity contribution in [3.8, 4) is 0 Å². The first-order valence-corrected chi connectivity index (χ1v) is 8.65. The van der Waals surface area contributed by atoms with Crippen LogP contribution in [0.3, 0.4) is 0 Å². The summed E-state index contributed by atoms with van der Waals surface area (Å²) in [5.74, 6) is 0.584. The Hall–Kier alpha value is -1.77. The first-order valence-electron chi connectivity index (χ1n) is 6.35. The summed E-state index contributed by atoms with van der Waals surface area (Å²) >= 11 is 1.14. The highest BCUT2D eigenvalue weighted by Gasteiger charge is 2.22. The average molecular weight is 322 g/mol. The second kappa shape index (κ2) is 5.21. The molecule has 3 aromatic rings. The molecule has 0 aliphatic heterocycles. The number of aryl methyl sites for hydroxylation is 1. The fourth-order valence-corrected chi connectivity index (χ4v) is 4.32. The number of para-hydroxylation sites is 2. The van der Waals surface area contributed by atoms with E-state index in [0.717, 1.165) is 22.4 Å². The van der Waals surface area contributed by atoms with Gasteiger partial charge in [0.25, 0.3) is 10.0 Å². The molecule has 0 saturated carbocycles. The average Bonchev–Trinajstić information content (AvgIpc) is 3.04. The summed E-state index contributed by atoms with van der Waals surface area (Å²) in [4.78, 5) is 11.5. The number of nitrogens with zero attached hydrogens (tertiary/aromatic N) is 2. The van der Waals surface area contributed by atoms with Gasteiger partial charge < -0.3 is 4.98 Å². The Morgan fingerprint density at radius 3 is 2.76 bits per heavy atom. The molecule has 6 nitrogen and oxygen atoms in total. The molecule has 1 atom stereocenters. The normalized spacial score (nSPS) is 13.6. The van der Waals surface area contributed by atoms with Crippen LogP contribution in [0.15, 0.2) is 34.7 Å². The van der Waals surface area contributed by atoms with Gasteiger partial charge in [0.05, 0.1) is 28.3 Å². The third-order valence-corrected chi connectivity index (χ3v) is 5.93. The summed E-state index contributed by atoms with van der Waals surface area (Å²) < 4.78 is 27.3. The summed E-state index contributed by atoms with van der Waals surface area (Å²) in [6.45, 7) is 3.52. The molecule has 0 aliphatic rings. The third kappa shape index (κ3) is 2.82. The standard InChI is InChI=1S/C13H14N4O2S2/c1-8(13-15-10-5-3-4-6-11(10)16-13)17-21(18,19)12-7-14-9(2)20-12/h3-8,17H,1-2H3,(H,15,16). The predicted molar refractivity (Wildman–Crippen MR) is 81.7 cm³/mol. The quantitative estimate of drug-likeness (QED) is 0.772. The van der Waals surface area contributed by atoms with Crippen LogP contribution in [0.2, 0.25) is 0 Å². The molecule has 1 unspecified atom stereocenters. The van der Waals surface area contributed by atoms with Gasteiger partial charge >= 0.3 is 0 Å². The molecule has 3 rings (SSSR count). The number of aromatic amines is 1. The zero-order valence-electron chi connectivity index (χ0n) is 11.5. The molecule has 2 N–H and O–H groups in total. The summed E-state index contributed by atoms with van der Waals surface area (Å²) in [7, 11) is -3.58. The lowest BCUT2D eigenvalue weighted by atomic mass is 10.3. The highest BCUT2D eigenvalue weighted by molar-refractivity contribution is 7.91. The van der Waals surface area contributed by atoms with Crippen molar-refractivity contribution < 1.29 is 8.42 Å². The number of benzene rings is 1. The van der Waals surface area contributed by atoms with Crippen molar-refractivity contribution in [1.29, 1.82) is 0 Å². The van der Waals surface area contributed by atoms with Crippen molar-refractivity contribution in [3.63, 3.8) is 0 Å². The molecule has 0 spiro atoms. The molecule has 8 heteroatoms. The van der Waals surface area contributed by atoms with Gasteiger partial charge in [-0.3, -0.25) is 0 Å². The molecule has 0 amide bonds. The van der Waals surface area contributed by atoms with E-state index < -0.39 is 16.1 Å². The smallest absolute Gasteiger partial charge is 0.252 e. The summed E-state index contributed by atoms with van der Waals surface area (Å²) in [5.41, 5.74) is 1.69. The van der Waals surface area contributed by atoms with E-state index in [1.807, 2.05) is 24.3 Å². The first kappa shape index (κ1) is 14.2. The van der Waals surface area contributed by atoms with Gasteiger partial charge in [-0.2, -0.15) is 0 Å². The zero-order chi connectivity index (χ0) is 15.0. The fraction of sp³-hybridized carbons (Fsp3) is 0.231. The van der Waals surface area contributed by atoms with Crippen LogP contribution in [-0.2, 0) is 10.0 Å². The first-order chi connectivity index (χ1) is 9.95. The SMILES string of the molecule is Cc1ncc(S(=O)(=O)NC(C)c2nc3ccccc3[nH]2)s1. The molecule has 0 radical (unpaired) electrons. The zero-order valence-corrected chi connectivity index (χ0v) is 13.1. The van der Waals surface area contributed by atoms with E-state index in [1.165, 1.54) is 6.20 Å². The molecule has 0 saturated heterocycles. The fourth-order valence-electron chi connectivity index (χ4n) is 1.99. The van der Waals surface area contributed by atoms with Crippen molar-refractivity contribution in [2.45, 2.75) is 24.1 Å². The van der Waals surface area contributed by atoms with Crippen LogP contribution in [0.5, 0.6) is 0 Å². The molecule has 0 fully saturated rings. The molecule has 21 heavy (non-hydrogen) atoms. The molecule has 2 heterocycles. The highest BCUT2D eigenvalue weighted by Crippen LogP contribution is 2.21. The van der Waals surface area contributed by atoms with Gasteiger partial charge in [0.1, 0.15) is 5.82 Å². The molecule has 2 aromatic heterocycles. The minimum Gasteiger partial charge on any atom is -0.341 e. The van der Waals surface area contributed by atoms with Gasteiger partial charge in [-0.15, -0.1) is 11.3 Å². The summed E-state index contributed by atoms with van der Waals surface area (Å²) in [6, 6.07) is 7.12. The number of sulfonamides is 1. The van der Waals surface area contributed by atoms with Gasteiger partial charge in [-0.05, 0) is 26.0 Å². The van der Waals surface area contributed by atoms with Gasteiger partial charge in [0, 0.05) is 0 Å². The largest absolute Gasteiger partial charge is 0.341 e. The Kier molecular flexibility index (Phi) is 3.52. The van der Waals surface area contributed by atoms with E-state index in [-0.39, 0.29) is 4.21 Å². The number of thiazole rings is 1. The minimum atomic E-state index is -3.58. The second-order valence-corrected chi connectivity index (χ2v) is 7.86. The molecule has 0 bridgehead atoms. The third-order valence-electron chi connectivity index (χ3n) is 3.01. The van der Waals surface area contributed by atoms with Crippen molar-refractivity contribution in [2.75, 3.05) is 0 Å². The van der Waals surface area contributed by atoms with Crippen LogP contribution < -0.4 is 4.72 Å². The van der Waals surface area contributed by atoms with Crippen LogP contribution in [0.4, 0.5) is 0 Å². The lowest BCUT2D eigenvalue weighted by Crippen LogP contribution is -2.27. The Balaban J connectivity index is 1.87. The second-order valence-electron chi connectivity index (χ2n) is 4.68. The topological polar surface area (TPSA) is 87.7 Å². The van der Waals surface area contributed by atoms with Crippen LogP contribution in [0, 0.1) is 6.92 Å². The van der Waals surface area contributed by atoms with Gasteiger partial charge in [0.15, 0.2) is 4.21 Å². The van der Waals surface area contributed by atoms with E-state index in [4.69, 9.17) is 0 Å². The van der Waals surface area contributed by atoms with E-state index >= 15 is 0 Å².